The maximum absolute atomic E-state index is 4.13. The van der Waals surface area contributed by atoms with Crippen molar-refractivity contribution in [1.82, 2.24) is 9.97 Å². The molecule has 0 radical (unpaired) electrons. The number of anilines is 3. The maximum Gasteiger partial charge on any atom is 0.115 e. The van der Waals surface area contributed by atoms with Gasteiger partial charge in [-0.2, -0.15) is 0 Å². The average Bonchev–Trinajstić information content (AvgIpc) is 2.82. The highest BCUT2D eigenvalue weighted by Crippen LogP contribution is 2.51. The van der Waals surface area contributed by atoms with Gasteiger partial charge in [0.25, 0.3) is 0 Å². The third kappa shape index (κ3) is 3.26. The van der Waals surface area contributed by atoms with Crippen LogP contribution in [-0.4, -0.2) is 9.97 Å². The van der Waals surface area contributed by atoms with E-state index in [-0.39, 0.29) is 5.41 Å². The van der Waals surface area contributed by atoms with Crippen LogP contribution in [0, 0.1) is 0 Å². The monoisotopic (exact) mass is 393 g/mol. The normalized spacial score (nSPS) is 13.5. The molecule has 0 atom stereocenters. The second-order valence-corrected chi connectivity index (χ2v) is 7.67. The van der Waals surface area contributed by atoms with Gasteiger partial charge >= 0.3 is 0 Å². The molecular weight excluding hydrogens is 366 g/mol. The molecule has 1 aliphatic heterocycles. The molecule has 3 nitrogen and oxygen atoms in total. The van der Waals surface area contributed by atoms with Crippen LogP contribution in [0.15, 0.2) is 91.5 Å². The number of hydrogen-bond donors (Lipinski definition) is 0. The van der Waals surface area contributed by atoms with Crippen molar-refractivity contribution in [2.45, 2.75) is 33.1 Å². The zero-order valence-corrected chi connectivity index (χ0v) is 18.0. The minimum Gasteiger partial charge on any atom is -0.310 e. The fourth-order valence-electron chi connectivity index (χ4n) is 4.20. The minimum atomic E-state index is -0.0367. The highest BCUT2D eigenvalue weighted by atomic mass is 15.2. The Hall–Kier alpha value is -3.46. The number of fused-ring (bicyclic) bond motifs is 2. The fourth-order valence-corrected chi connectivity index (χ4v) is 4.20. The molecule has 0 unspecified atom stereocenters. The van der Waals surface area contributed by atoms with Crippen LogP contribution >= 0.6 is 0 Å². The molecule has 0 amide bonds. The molecule has 0 saturated heterocycles. The van der Waals surface area contributed by atoms with Gasteiger partial charge in [-0.05, 0) is 41.0 Å². The summed E-state index contributed by atoms with van der Waals surface area (Å²) in [4.78, 5) is 10.6. The Balaban J connectivity index is 0.00000106. The molecule has 3 aromatic carbocycles. The summed E-state index contributed by atoms with van der Waals surface area (Å²) in [5.41, 5.74) is 8.41. The van der Waals surface area contributed by atoms with Crippen molar-refractivity contribution in [3.63, 3.8) is 0 Å². The summed E-state index contributed by atoms with van der Waals surface area (Å²) in [5.74, 6) is 0. The van der Waals surface area contributed by atoms with E-state index in [1.165, 1.54) is 22.5 Å². The summed E-state index contributed by atoms with van der Waals surface area (Å²) < 4.78 is 0. The van der Waals surface area contributed by atoms with Crippen molar-refractivity contribution in [1.29, 1.82) is 0 Å². The van der Waals surface area contributed by atoms with E-state index in [1.54, 1.807) is 6.33 Å². The van der Waals surface area contributed by atoms with Gasteiger partial charge in [-0.15, -0.1) is 0 Å². The molecule has 4 aromatic rings. The minimum absolute atomic E-state index is 0.0367. The van der Waals surface area contributed by atoms with Crippen molar-refractivity contribution in [3.05, 3.63) is 103 Å². The molecule has 0 saturated carbocycles. The first-order valence-electron chi connectivity index (χ1n) is 10.5. The fraction of sp³-hybridized carbons (Fsp3) is 0.185. The molecule has 0 aliphatic carbocycles. The van der Waals surface area contributed by atoms with Gasteiger partial charge in [0, 0.05) is 29.1 Å². The molecule has 5 rings (SSSR count). The first-order valence-corrected chi connectivity index (χ1v) is 10.5. The van der Waals surface area contributed by atoms with Crippen LogP contribution in [0.2, 0.25) is 0 Å². The van der Waals surface area contributed by atoms with Gasteiger partial charge in [0.05, 0.1) is 11.4 Å². The van der Waals surface area contributed by atoms with Crippen LogP contribution < -0.4 is 4.90 Å². The summed E-state index contributed by atoms with van der Waals surface area (Å²) in [6, 6.07) is 26.0. The van der Waals surface area contributed by atoms with E-state index in [9.17, 15) is 0 Å². The van der Waals surface area contributed by atoms with E-state index in [1.807, 2.05) is 26.2 Å². The Morgan fingerprint density at radius 1 is 0.633 bits per heavy atom. The Morgan fingerprint density at radius 2 is 1.13 bits per heavy atom. The molecular formula is C27H27N3. The topological polar surface area (TPSA) is 29.0 Å². The number of rotatable bonds is 2. The van der Waals surface area contributed by atoms with Gasteiger partial charge in [0.1, 0.15) is 6.33 Å². The standard InChI is InChI=1S/C25H21N3.C2H6/c1-25(2)21-7-3-5-9-23(21)28(24-10-6-4-8-22(24)25)20-13-11-18(12-14-20)19-15-26-17-27-16-19;1-2/h3-17H,1-2H3;1-2H3. The van der Waals surface area contributed by atoms with E-state index in [0.29, 0.717) is 0 Å². The lowest BCUT2D eigenvalue weighted by molar-refractivity contribution is 0.632. The van der Waals surface area contributed by atoms with Crippen LogP contribution in [-0.2, 0) is 5.41 Å². The van der Waals surface area contributed by atoms with Crippen LogP contribution in [0.5, 0.6) is 0 Å². The zero-order valence-electron chi connectivity index (χ0n) is 18.0. The van der Waals surface area contributed by atoms with Crippen molar-refractivity contribution < 1.29 is 0 Å². The van der Waals surface area contributed by atoms with Crippen LogP contribution in [0.4, 0.5) is 17.1 Å². The third-order valence-electron chi connectivity index (χ3n) is 5.66. The highest BCUT2D eigenvalue weighted by Gasteiger charge is 2.36. The molecule has 0 spiro atoms. The van der Waals surface area contributed by atoms with Crippen molar-refractivity contribution in [2.75, 3.05) is 4.90 Å². The first-order chi connectivity index (χ1) is 14.7. The second-order valence-electron chi connectivity index (χ2n) is 7.67. The Morgan fingerprint density at radius 3 is 1.67 bits per heavy atom. The summed E-state index contributed by atoms with van der Waals surface area (Å²) in [6.45, 7) is 8.61. The van der Waals surface area contributed by atoms with E-state index < -0.39 is 0 Å². The number of benzene rings is 3. The lowest BCUT2D eigenvalue weighted by Crippen LogP contribution is -2.30. The van der Waals surface area contributed by atoms with E-state index in [4.69, 9.17) is 0 Å². The van der Waals surface area contributed by atoms with Crippen LogP contribution in [0.3, 0.4) is 0 Å². The van der Waals surface area contributed by atoms with Crippen molar-refractivity contribution in [2.24, 2.45) is 0 Å². The zero-order chi connectivity index (χ0) is 21.1. The molecule has 0 fully saturated rings. The van der Waals surface area contributed by atoms with Gasteiger partial charge in [-0.3, -0.25) is 0 Å². The van der Waals surface area contributed by atoms with E-state index >= 15 is 0 Å². The second kappa shape index (κ2) is 8.11. The molecule has 1 aliphatic rings. The molecule has 30 heavy (non-hydrogen) atoms. The number of aromatic nitrogens is 2. The quantitative estimate of drug-likeness (QED) is 0.358. The van der Waals surface area contributed by atoms with E-state index in [0.717, 1.165) is 16.8 Å². The molecule has 2 heterocycles. The third-order valence-corrected chi connectivity index (χ3v) is 5.66. The molecule has 150 valence electrons. The summed E-state index contributed by atoms with van der Waals surface area (Å²) in [6.07, 6.45) is 5.24. The number of nitrogens with zero attached hydrogens (tertiary/aromatic N) is 3. The van der Waals surface area contributed by atoms with Crippen LogP contribution in [0.25, 0.3) is 11.1 Å². The lowest BCUT2D eigenvalue weighted by Gasteiger charge is -2.42. The maximum atomic E-state index is 4.13. The predicted octanol–water partition coefficient (Wildman–Crippen LogP) is 7.28. The van der Waals surface area contributed by atoms with Gasteiger partial charge in [-0.25, -0.2) is 9.97 Å². The van der Waals surface area contributed by atoms with Gasteiger partial charge in [0.15, 0.2) is 0 Å². The summed E-state index contributed by atoms with van der Waals surface area (Å²) >= 11 is 0. The van der Waals surface area contributed by atoms with Gasteiger partial charge in [-0.1, -0.05) is 76.2 Å². The average molecular weight is 394 g/mol. The molecule has 0 bridgehead atoms. The smallest absolute Gasteiger partial charge is 0.115 e. The Bertz CT molecular complexity index is 1080. The van der Waals surface area contributed by atoms with Gasteiger partial charge in [0.2, 0.25) is 0 Å². The number of para-hydroxylation sites is 2. The number of hydrogen-bond acceptors (Lipinski definition) is 3. The Kier molecular flexibility index (Phi) is 5.37. The largest absolute Gasteiger partial charge is 0.310 e. The van der Waals surface area contributed by atoms with Crippen molar-refractivity contribution in [3.8, 4) is 11.1 Å². The van der Waals surface area contributed by atoms with E-state index in [2.05, 4.69) is 102 Å². The van der Waals surface area contributed by atoms with Gasteiger partial charge < -0.3 is 4.90 Å². The molecule has 1 aromatic heterocycles. The molecule has 0 N–H and O–H groups in total. The summed E-state index contributed by atoms with van der Waals surface area (Å²) in [5, 5.41) is 0. The molecule has 3 heteroatoms. The summed E-state index contributed by atoms with van der Waals surface area (Å²) in [7, 11) is 0. The Labute approximate surface area is 179 Å². The van der Waals surface area contributed by atoms with Crippen molar-refractivity contribution >= 4 is 17.1 Å². The highest BCUT2D eigenvalue weighted by molar-refractivity contribution is 5.86. The SMILES string of the molecule is CC.CC1(C)c2ccccc2N(c2ccc(-c3cncnc3)cc2)c2ccccc21. The lowest BCUT2D eigenvalue weighted by atomic mass is 9.73. The first kappa shape index (κ1) is 19.8. The van der Waals surface area contributed by atoms with Crippen LogP contribution in [0.1, 0.15) is 38.8 Å². The predicted molar refractivity (Wildman–Crippen MR) is 126 cm³/mol.